The summed E-state index contributed by atoms with van der Waals surface area (Å²) in [5.41, 5.74) is 1.36. The lowest BCUT2D eigenvalue weighted by Gasteiger charge is -2.01. The molecule has 0 fully saturated rings. The molecule has 0 atom stereocenters. The fraction of sp³-hybridized carbons (Fsp3) is 0.0909. The first kappa shape index (κ1) is 9.69. The topological polar surface area (TPSA) is 48.6 Å². The molecule has 0 aliphatic carbocycles. The number of nitrogens with one attached hydrogen (secondary N) is 2. The lowest BCUT2D eigenvalue weighted by atomic mass is 10.1. The van der Waals surface area contributed by atoms with Crippen molar-refractivity contribution in [3.05, 3.63) is 38.9 Å². The SMILES string of the molecule is C#CCc1cccc2[nH]c(=S)[nH]c(=O)c12. The van der Waals surface area contributed by atoms with Gasteiger partial charge in [0.1, 0.15) is 0 Å². The molecule has 4 heteroatoms. The van der Waals surface area contributed by atoms with E-state index in [9.17, 15) is 4.79 Å². The second-order valence-corrected chi connectivity index (χ2v) is 3.54. The number of fused-ring (bicyclic) bond motifs is 1. The van der Waals surface area contributed by atoms with E-state index in [-0.39, 0.29) is 5.56 Å². The molecular weight excluding hydrogens is 208 g/mol. The molecule has 3 nitrogen and oxygen atoms in total. The Morgan fingerprint density at radius 3 is 2.93 bits per heavy atom. The van der Waals surface area contributed by atoms with Crippen LogP contribution < -0.4 is 5.56 Å². The third-order valence-corrected chi connectivity index (χ3v) is 2.35. The van der Waals surface area contributed by atoms with Gasteiger partial charge in [-0.25, -0.2) is 0 Å². The van der Waals surface area contributed by atoms with Crippen molar-refractivity contribution in [2.45, 2.75) is 6.42 Å². The quantitative estimate of drug-likeness (QED) is 0.563. The largest absolute Gasteiger partial charge is 0.332 e. The Morgan fingerprint density at radius 1 is 1.40 bits per heavy atom. The Hall–Kier alpha value is -1.86. The Bertz CT molecular complexity index is 661. The first-order valence-electron chi connectivity index (χ1n) is 4.40. The van der Waals surface area contributed by atoms with Crippen LogP contribution in [-0.4, -0.2) is 9.97 Å². The fourth-order valence-corrected chi connectivity index (χ4v) is 1.75. The minimum Gasteiger partial charge on any atom is -0.332 e. The molecule has 1 aromatic carbocycles. The molecule has 0 saturated heterocycles. The summed E-state index contributed by atoms with van der Waals surface area (Å²) in [7, 11) is 0. The molecule has 1 heterocycles. The summed E-state index contributed by atoms with van der Waals surface area (Å²) >= 11 is 4.88. The first-order chi connectivity index (χ1) is 7.22. The third-order valence-electron chi connectivity index (χ3n) is 2.15. The normalized spacial score (nSPS) is 10.1. The minimum absolute atomic E-state index is 0.195. The van der Waals surface area contributed by atoms with Crippen molar-refractivity contribution in [2.24, 2.45) is 0 Å². The number of hydrogen-bond donors (Lipinski definition) is 2. The van der Waals surface area contributed by atoms with E-state index in [1.54, 1.807) is 6.07 Å². The summed E-state index contributed by atoms with van der Waals surface area (Å²) in [6, 6.07) is 5.49. The van der Waals surface area contributed by atoms with Gasteiger partial charge in [0.25, 0.3) is 5.56 Å². The van der Waals surface area contributed by atoms with Gasteiger partial charge in [-0.1, -0.05) is 12.1 Å². The maximum absolute atomic E-state index is 11.7. The van der Waals surface area contributed by atoms with E-state index in [1.807, 2.05) is 12.1 Å². The zero-order valence-electron chi connectivity index (χ0n) is 7.83. The van der Waals surface area contributed by atoms with Gasteiger partial charge in [-0.2, -0.15) is 0 Å². The zero-order valence-corrected chi connectivity index (χ0v) is 8.65. The maximum Gasteiger partial charge on any atom is 0.259 e. The van der Waals surface area contributed by atoms with Crippen molar-refractivity contribution in [1.82, 2.24) is 9.97 Å². The maximum atomic E-state index is 11.7. The van der Waals surface area contributed by atoms with Crippen LogP contribution in [0.4, 0.5) is 0 Å². The van der Waals surface area contributed by atoms with Crippen molar-refractivity contribution in [3.8, 4) is 12.3 Å². The van der Waals surface area contributed by atoms with Gasteiger partial charge < -0.3 is 4.98 Å². The number of aromatic nitrogens is 2. The van der Waals surface area contributed by atoms with Crippen LogP contribution in [0.25, 0.3) is 10.9 Å². The highest BCUT2D eigenvalue weighted by atomic mass is 32.1. The smallest absolute Gasteiger partial charge is 0.259 e. The number of hydrogen-bond acceptors (Lipinski definition) is 2. The summed E-state index contributed by atoms with van der Waals surface area (Å²) < 4.78 is 0.324. The summed E-state index contributed by atoms with van der Waals surface area (Å²) in [6.07, 6.45) is 5.67. The van der Waals surface area contributed by atoms with E-state index >= 15 is 0 Å². The second kappa shape index (κ2) is 3.71. The van der Waals surface area contributed by atoms with Gasteiger partial charge in [0, 0.05) is 6.42 Å². The molecule has 0 amide bonds. The molecular formula is C11H8N2OS. The van der Waals surface area contributed by atoms with E-state index < -0.39 is 0 Å². The highest BCUT2D eigenvalue weighted by Gasteiger charge is 2.03. The van der Waals surface area contributed by atoms with E-state index in [0.29, 0.717) is 16.6 Å². The standard InChI is InChI=1S/C11H8N2OS/c1-2-4-7-5-3-6-8-9(7)10(14)13-11(15)12-8/h1,3,5-6H,4H2,(H2,12,13,14,15). The fourth-order valence-electron chi connectivity index (χ4n) is 1.55. The number of aromatic amines is 2. The molecule has 0 spiro atoms. The minimum atomic E-state index is -0.195. The monoisotopic (exact) mass is 216 g/mol. The summed E-state index contributed by atoms with van der Waals surface area (Å²) in [4.78, 5) is 17.2. The summed E-state index contributed by atoms with van der Waals surface area (Å²) in [5, 5.41) is 0.587. The van der Waals surface area contributed by atoms with Gasteiger partial charge in [-0.05, 0) is 23.8 Å². The van der Waals surface area contributed by atoms with Crippen LogP contribution in [0.1, 0.15) is 5.56 Å². The molecule has 74 valence electrons. The molecule has 0 aliphatic rings. The van der Waals surface area contributed by atoms with Crippen LogP contribution in [-0.2, 0) is 6.42 Å². The Balaban J connectivity index is 2.93. The van der Waals surface area contributed by atoms with Gasteiger partial charge >= 0.3 is 0 Å². The van der Waals surface area contributed by atoms with Crippen molar-refractivity contribution in [1.29, 1.82) is 0 Å². The number of rotatable bonds is 1. The van der Waals surface area contributed by atoms with Crippen LogP contribution in [0, 0.1) is 17.1 Å². The van der Waals surface area contributed by atoms with Crippen molar-refractivity contribution in [2.75, 3.05) is 0 Å². The van der Waals surface area contributed by atoms with Gasteiger partial charge in [0.05, 0.1) is 10.9 Å². The number of H-pyrrole nitrogens is 2. The zero-order chi connectivity index (χ0) is 10.8. The average molecular weight is 216 g/mol. The lowest BCUT2D eigenvalue weighted by molar-refractivity contribution is 1.13. The van der Waals surface area contributed by atoms with Crippen LogP contribution in [0.15, 0.2) is 23.0 Å². The predicted molar refractivity (Wildman–Crippen MR) is 62.3 cm³/mol. The molecule has 0 radical (unpaired) electrons. The van der Waals surface area contributed by atoms with E-state index in [1.165, 1.54) is 0 Å². The number of terminal acetylenes is 1. The van der Waals surface area contributed by atoms with Gasteiger partial charge in [0.2, 0.25) is 0 Å². The molecule has 0 unspecified atom stereocenters. The van der Waals surface area contributed by atoms with Crippen LogP contribution >= 0.6 is 12.2 Å². The van der Waals surface area contributed by atoms with E-state index in [2.05, 4.69) is 15.9 Å². The van der Waals surface area contributed by atoms with Gasteiger partial charge in [-0.15, -0.1) is 12.3 Å². The van der Waals surface area contributed by atoms with E-state index in [0.717, 1.165) is 11.1 Å². The van der Waals surface area contributed by atoms with Crippen LogP contribution in [0.2, 0.25) is 0 Å². The van der Waals surface area contributed by atoms with Crippen LogP contribution in [0.3, 0.4) is 0 Å². The van der Waals surface area contributed by atoms with Crippen LogP contribution in [0.5, 0.6) is 0 Å². The second-order valence-electron chi connectivity index (χ2n) is 3.13. The molecule has 1 aromatic heterocycles. The Morgan fingerprint density at radius 2 is 2.20 bits per heavy atom. The van der Waals surface area contributed by atoms with E-state index in [4.69, 9.17) is 18.6 Å². The van der Waals surface area contributed by atoms with Crippen molar-refractivity contribution >= 4 is 23.1 Å². The lowest BCUT2D eigenvalue weighted by Crippen LogP contribution is -2.09. The van der Waals surface area contributed by atoms with Gasteiger partial charge in [0.15, 0.2) is 4.77 Å². The first-order valence-corrected chi connectivity index (χ1v) is 4.81. The molecule has 2 aromatic rings. The highest BCUT2D eigenvalue weighted by molar-refractivity contribution is 7.71. The predicted octanol–water partition coefficient (Wildman–Crippen LogP) is 1.76. The van der Waals surface area contributed by atoms with Crippen molar-refractivity contribution < 1.29 is 0 Å². The third kappa shape index (κ3) is 1.69. The highest BCUT2D eigenvalue weighted by Crippen LogP contribution is 2.12. The summed E-state index contributed by atoms with van der Waals surface area (Å²) in [5.74, 6) is 2.53. The Labute approximate surface area is 91.2 Å². The van der Waals surface area contributed by atoms with Gasteiger partial charge in [-0.3, -0.25) is 9.78 Å². The molecule has 0 bridgehead atoms. The molecule has 0 aliphatic heterocycles. The van der Waals surface area contributed by atoms with Crippen molar-refractivity contribution in [3.63, 3.8) is 0 Å². The molecule has 0 saturated carbocycles. The number of benzene rings is 1. The Kier molecular flexibility index (Phi) is 2.40. The molecule has 2 N–H and O–H groups in total. The molecule has 15 heavy (non-hydrogen) atoms. The molecule has 2 rings (SSSR count). The summed E-state index contributed by atoms with van der Waals surface area (Å²) in [6.45, 7) is 0. The average Bonchev–Trinajstić information content (AvgIpc) is 2.17.